The summed E-state index contributed by atoms with van der Waals surface area (Å²) >= 11 is 0. The van der Waals surface area contributed by atoms with Crippen molar-refractivity contribution in [1.82, 2.24) is 0 Å². The normalized spacial score (nSPS) is 10.8. The summed E-state index contributed by atoms with van der Waals surface area (Å²) in [6, 6.07) is 7.25. The average molecular weight is 246 g/mol. The van der Waals surface area contributed by atoms with Gasteiger partial charge in [-0.25, -0.2) is 4.79 Å². The van der Waals surface area contributed by atoms with E-state index in [9.17, 15) is 9.59 Å². The highest BCUT2D eigenvalue weighted by molar-refractivity contribution is 6.04. The zero-order chi connectivity index (χ0) is 13.4. The van der Waals surface area contributed by atoms with Crippen LogP contribution in [0.15, 0.2) is 42.5 Å². The zero-order valence-corrected chi connectivity index (χ0v) is 10.3. The number of ketones is 1. The van der Waals surface area contributed by atoms with E-state index in [1.54, 1.807) is 25.3 Å². The van der Waals surface area contributed by atoms with Crippen molar-refractivity contribution in [1.29, 1.82) is 0 Å². The molecule has 0 N–H and O–H groups in total. The minimum Gasteiger partial charge on any atom is -0.497 e. The number of hydrogen-bond donors (Lipinski definition) is 0. The van der Waals surface area contributed by atoms with Crippen molar-refractivity contribution in [2.24, 2.45) is 0 Å². The van der Waals surface area contributed by atoms with Gasteiger partial charge in [0.2, 0.25) is 0 Å². The van der Waals surface area contributed by atoms with Gasteiger partial charge in [-0.2, -0.15) is 0 Å². The van der Waals surface area contributed by atoms with Gasteiger partial charge in [0.05, 0.1) is 14.2 Å². The lowest BCUT2D eigenvalue weighted by Crippen LogP contribution is -1.95. The minimum atomic E-state index is -0.554. The maximum atomic E-state index is 11.4. The number of carbonyl (C=O) groups excluding carboxylic acids is 2. The van der Waals surface area contributed by atoms with Gasteiger partial charge in [0, 0.05) is 6.08 Å². The molecule has 1 rings (SSSR count). The molecule has 0 saturated carbocycles. The van der Waals surface area contributed by atoms with E-state index in [0.29, 0.717) is 0 Å². The molecule has 18 heavy (non-hydrogen) atoms. The van der Waals surface area contributed by atoms with Crippen molar-refractivity contribution >= 4 is 17.8 Å². The van der Waals surface area contributed by atoms with Gasteiger partial charge in [-0.1, -0.05) is 18.2 Å². The molecular formula is C14H14O4. The number of hydrogen-bond acceptors (Lipinski definition) is 4. The SMILES string of the molecule is COC(=O)C=CC(=O)C=Cc1ccc(OC)cc1. The van der Waals surface area contributed by atoms with Gasteiger partial charge >= 0.3 is 5.97 Å². The lowest BCUT2D eigenvalue weighted by atomic mass is 10.2. The van der Waals surface area contributed by atoms with Crippen LogP contribution in [0.4, 0.5) is 0 Å². The predicted octanol–water partition coefficient (Wildman–Crippen LogP) is 2.01. The van der Waals surface area contributed by atoms with Crippen LogP contribution in [0.2, 0.25) is 0 Å². The summed E-state index contributed by atoms with van der Waals surface area (Å²) in [6.07, 6.45) is 5.27. The van der Waals surface area contributed by atoms with Gasteiger partial charge in [0.1, 0.15) is 5.75 Å². The fourth-order valence-corrected chi connectivity index (χ4v) is 1.17. The Labute approximate surface area is 106 Å². The summed E-state index contributed by atoms with van der Waals surface area (Å²) in [5.41, 5.74) is 0.871. The molecule has 0 aromatic heterocycles. The molecule has 0 radical (unpaired) electrons. The number of ether oxygens (including phenoxy) is 2. The number of esters is 1. The van der Waals surface area contributed by atoms with Gasteiger partial charge in [0.25, 0.3) is 0 Å². The van der Waals surface area contributed by atoms with E-state index in [1.165, 1.54) is 13.2 Å². The third-order valence-electron chi connectivity index (χ3n) is 2.14. The van der Waals surface area contributed by atoms with Crippen LogP contribution in [0.25, 0.3) is 6.08 Å². The van der Waals surface area contributed by atoms with Crippen LogP contribution in [-0.4, -0.2) is 26.0 Å². The summed E-state index contributed by atoms with van der Waals surface area (Å²) in [6.45, 7) is 0. The van der Waals surface area contributed by atoms with E-state index < -0.39 is 5.97 Å². The van der Waals surface area contributed by atoms with Crippen molar-refractivity contribution in [2.75, 3.05) is 14.2 Å². The second-order valence-corrected chi connectivity index (χ2v) is 3.37. The van der Waals surface area contributed by atoms with Gasteiger partial charge in [-0.3, -0.25) is 4.79 Å². The second kappa shape index (κ2) is 7.06. The zero-order valence-electron chi connectivity index (χ0n) is 10.3. The molecule has 0 spiro atoms. The molecule has 0 fully saturated rings. The first-order valence-electron chi connectivity index (χ1n) is 5.28. The highest BCUT2D eigenvalue weighted by atomic mass is 16.5. The van der Waals surface area contributed by atoms with Crippen molar-refractivity contribution in [3.05, 3.63) is 48.1 Å². The molecule has 0 atom stereocenters. The van der Waals surface area contributed by atoms with E-state index in [1.807, 2.05) is 12.1 Å². The van der Waals surface area contributed by atoms with Crippen molar-refractivity contribution in [3.63, 3.8) is 0 Å². The molecular weight excluding hydrogens is 232 g/mol. The molecule has 4 nitrogen and oxygen atoms in total. The molecule has 0 aliphatic carbocycles. The Morgan fingerprint density at radius 1 is 1.00 bits per heavy atom. The molecule has 94 valence electrons. The lowest BCUT2D eigenvalue weighted by Gasteiger charge is -1.98. The van der Waals surface area contributed by atoms with E-state index in [0.717, 1.165) is 23.5 Å². The first-order valence-corrected chi connectivity index (χ1v) is 5.28. The van der Waals surface area contributed by atoms with E-state index >= 15 is 0 Å². The minimum absolute atomic E-state index is 0.281. The van der Waals surface area contributed by atoms with Crippen LogP contribution in [0.1, 0.15) is 5.56 Å². The number of benzene rings is 1. The van der Waals surface area contributed by atoms with Gasteiger partial charge in [0.15, 0.2) is 5.78 Å². The van der Waals surface area contributed by atoms with Crippen LogP contribution in [0.5, 0.6) is 5.75 Å². The van der Waals surface area contributed by atoms with Crippen molar-refractivity contribution < 1.29 is 19.1 Å². The van der Waals surface area contributed by atoms with Crippen LogP contribution in [0, 0.1) is 0 Å². The molecule has 0 bridgehead atoms. The smallest absolute Gasteiger partial charge is 0.330 e. The van der Waals surface area contributed by atoms with Gasteiger partial charge in [-0.15, -0.1) is 0 Å². The third-order valence-corrected chi connectivity index (χ3v) is 2.14. The summed E-state index contributed by atoms with van der Waals surface area (Å²) < 4.78 is 9.39. The first-order chi connectivity index (χ1) is 8.65. The van der Waals surface area contributed by atoms with E-state index in [4.69, 9.17) is 4.74 Å². The molecule has 0 aliphatic heterocycles. The van der Waals surface area contributed by atoms with Crippen molar-refractivity contribution in [2.45, 2.75) is 0 Å². The van der Waals surface area contributed by atoms with Crippen molar-refractivity contribution in [3.8, 4) is 5.75 Å². The highest BCUT2D eigenvalue weighted by Crippen LogP contribution is 2.12. The molecule has 1 aromatic rings. The summed E-state index contributed by atoms with van der Waals surface area (Å²) in [5, 5.41) is 0. The Bertz CT molecular complexity index is 469. The predicted molar refractivity (Wildman–Crippen MR) is 68.2 cm³/mol. The van der Waals surface area contributed by atoms with Gasteiger partial charge in [-0.05, 0) is 29.8 Å². The number of methoxy groups -OCH3 is 2. The van der Waals surface area contributed by atoms with Gasteiger partial charge < -0.3 is 9.47 Å². The van der Waals surface area contributed by atoms with Crippen LogP contribution >= 0.6 is 0 Å². The topological polar surface area (TPSA) is 52.6 Å². The lowest BCUT2D eigenvalue weighted by molar-refractivity contribution is -0.135. The Balaban J connectivity index is 2.60. The number of allylic oxidation sites excluding steroid dienone is 2. The molecule has 0 saturated heterocycles. The Morgan fingerprint density at radius 3 is 2.22 bits per heavy atom. The number of rotatable bonds is 5. The summed E-state index contributed by atoms with van der Waals surface area (Å²) in [4.78, 5) is 22.1. The fraction of sp³-hybridized carbons (Fsp3) is 0.143. The molecule has 0 heterocycles. The summed E-state index contributed by atoms with van der Waals surface area (Å²) in [5.74, 6) is -0.0820. The van der Waals surface area contributed by atoms with Crippen LogP contribution in [0.3, 0.4) is 0 Å². The van der Waals surface area contributed by atoms with E-state index in [-0.39, 0.29) is 5.78 Å². The standard InChI is InChI=1S/C14H14O4/c1-17-13-8-4-11(5-9-13)3-6-12(15)7-10-14(16)18-2/h3-10H,1-2H3. The third kappa shape index (κ3) is 4.65. The monoisotopic (exact) mass is 246 g/mol. The van der Waals surface area contributed by atoms with Crippen LogP contribution < -0.4 is 4.74 Å². The molecule has 4 heteroatoms. The maximum Gasteiger partial charge on any atom is 0.330 e. The molecule has 0 aliphatic rings. The molecule has 0 unspecified atom stereocenters. The number of carbonyl (C=O) groups is 2. The quantitative estimate of drug-likeness (QED) is 0.589. The highest BCUT2D eigenvalue weighted by Gasteiger charge is 1.95. The Hall–Kier alpha value is -2.36. The van der Waals surface area contributed by atoms with E-state index in [2.05, 4.69) is 4.74 Å². The maximum absolute atomic E-state index is 11.4. The average Bonchev–Trinajstić information content (AvgIpc) is 2.42. The fourth-order valence-electron chi connectivity index (χ4n) is 1.17. The Morgan fingerprint density at radius 2 is 1.67 bits per heavy atom. The molecule has 1 aromatic carbocycles. The summed E-state index contributed by atoms with van der Waals surface area (Å²) in [7, 11) is 2.84. The second-order valence-electron chi connectivity index (χ2n) is 3.37. The Kier molecular flexibility index (Phi) is 5.38. The largest absolute Gasteiger partial charge is 0.497 e. The molecule has 0 amide bonds. The first kappa shape index (κ1) is 13.7. The van der Waals surface area contributed by atoms with Crippen LogP contribution in [-0.2, 0) is 14.3 Å².